The van der Waals surface area contributed by atoms with Gasteiger partial charge in [-0.1, -0.05) is 24.6 Å². The Bertz CT molecular complexity index is 549. The Labute approximate surface area is 112 Å². The molecule has 0 aromatic carbocycles. The van der Waals surface area contributed by atoms with Crippen LogP contribution in [0.2, 0.25) is 5.15 Å². The second-order valence-electron chi connectivity index (χ2n) is 4.91. The number of imidazole rings is 1. The van der Waals surface area contributed by atoms with Gasteiger partial charge in [-0.3, -0.25) is 4.40 Å². The number of pyridine rings is 1. The highest BCUT2D eigenvalue weighted by molar-refractivity contribution is 6.29. The summed E-state index contributed by atoms with van der Waals surface area (Å²) < 4.78 is 2.06. The van der Waals surface area contributed by atoms with Crippen molar-refractivity contribution in [3.8, 4) is 0 Å². The molecule has 18 heavy (non-hydrogen) atoms. The van der Waals surface area contributed by atoms with Crippen molar-refractivity contribution in [1.29, 1.82) is 0 Å². The Kier molecular flexibility index (Phi) is 3.27. The van der Waals surface area contributed by atoms with Crippen LogP contribution in [-0.2, 0) is 6.42 Å². The van der Waals surface area contributed by atoms with Crippen molar-refractivity contribution in [2.45, 2.75) is 32.2 Å². The van der Waals surface area contributed by atoms with Gasteiger partial charge in [0.05, 0.1) is 11.7 Å². The SMILES string of the molecule is CCN1CCCC1Cc1ncc2cccc(Cl)n12. The molecule has 0 bridgehead atoms. The van der Waals surface area contributed by atoms with E-state index in [4.69, 9.17) is 11.6 Å². The van der Waals surface area contributed by atoms with Crippen LogP contribution in [0.25, 0.3) is 5.52 Å². The molecule has 0 aliphatic carbocycles. The topological polar surface area (TPSA) is 20.5 Å². The fraction of sp³-hybridized carbons (Fsp3) is 0.500. The van der Waals surface area contributed by atoms with Crippen molar-refractivity contribution in [3.05, 3.63) is 35.4 Å². The number of fused-ring (bicyclic) bond motifs is 1. The fourth-order valence-electron chi connectivity index (χ4n) is 2.97. The average molecular weight is 264 g/mol. The summed E-state index contributed by atoms with van der Waals surface area (Å²) in [4.78, 5) is 7.08. The van der Waals surface area contributed by atoms with Gasteiger partial charge in [0.15, 0.2) is 0 Å². The van der Waals surface area contributed by atoms with E-state index < -0.39 is 0 Å². The first-order chi connectivity index (χ1) is 8.79. The van der Waals surface area contributed by atoms with Gasteiger partial charge < -0.3 is 4.90 Å². The average Bonchev–Trinajstić information content (AvgIpc) is 2.97. The molecule has 96 valence electrons. The molecular formula is C14H18ClN3. The second kappa shape index (κ2) is 4.90. The third kappa shape index (κ3) is 2.02. The lowest BCUT2D eigenvalue weighted by atomic mass is 10.1. The van der Waals surface area contributed by atoms with Gasteiger partial charge in [0, 0.05) is 12.5 Å². The first kappa shape index (κ1) is 12.0. The number of hydrogen-bond acceptors (Lipinski definition) is 2. The summed E-state index contributed by atoms with van der Waals surface area (Å²) in [6.45, 7) is 4.58. The van der Waals surface area contributed by atoms with E-state index >= 15 is 0 Å². The summed E-state index contributed by atoms with van der Waals surface area (Å²) in [6, 6.07) is 6.56. The highest BCUT2D eigenvalue weighted by Crippen LogP contribution is 2.22. The molecule has 0 saturated carbocycles. The molecule has 1 saturated heterocycles. The zero-order valence-corrected chi connectivity index (χ0v) is 11.4. The Morgan fingerprint density at radius 2 is 2.33 bits per heavy atom. The lowest BCUT2D eigenvalue weighted by Crippen LogP contribution is -2.31. The predicted molar refractivity (Wildman–Crippen MR) is 74.2 cm³/mol. The number of likely N-dealkylation sites (N-methyl/N-ethyl adjacent to an activating group) is 1. The molecule has 1 atom stereocenters. The van der Waals surface area contributed by atoms with E-state index in [0.29, 0.717) is 6.04 Å². The molecule has 3 rings (SSSR count). The van der Waals surface area contributed by atoms with E-state index in [1.54, 1.807) is 0 Å². The number of aromatic nitrogens is 2. The van der Waals surface area contributed by atoms with E-state index in [1.165, 1.54) is 19.4 Å². The standard InChI is InChI=1S/C14H18ClN3/c1-2-17-8-4-6-11(17)9-14-16-10-12-5-3-7-13(15)18(12)14/h3,5,7,10-11H,2,4,6,8-9H2,1H3. The molecule has 1 aliphatic rings. The van der Waals surface area contributed by atoms with Crippen molar-refractivity contribution in [2.75, 3.05) is 13.1 Å². The van der Waals surface area contributed by atoms with E-state index in [-0.39, 0.29) is 0 Å². The molecule has 0 spiro atoms. The van der Waals surface area contributed by atoms with E-state index in [0.717, 1.165) is 29.5 Å². The third-order valence-corrected chi connectivity index (χ3v) is 4.19. The second-order valence-corrected chi connectivity index (χ2v) is 5.30. The molecular weight excluding hydrogens is 246 g/mol. The molecule has 1 aliphatic heterocycles. The molecule has 2 aromatic rings. The largest absolute Gasteiger partial charge is 0.300 e. The Morgan fingerprint density at radius 3 is 3.17 bits per heavy atom. The molecule has 4 heteroatoms. The van der Waals surface area contributed by atoms with Crippen molar-refractivity contribution >= 4 is 17.1 Å². The van der Waals surface area contributed by atoms with Crippen LogP contribution in [0.5, 0.6) is 0 Å². The van der Waals surface area contributed by atoms with Crippen LogP contribution in [0.3, 0.4) is 0 Å². The maximum atomic E-state index is 6.27. The fourth-order valence-corrected chi connectivity index (χ4v) is 3.24. The van der Waals surface area contributed by atoms with Crippen LogP contribution in [0, 0.1) is 0 Å². The first-order valence-corrected chi connectivity index (χ1v) is 7.02. The van der Waals surface area contributed by atoms with Crippen LogP contribution >= 0.6 is 11.6 Å². The monoisotopic (exact) mass is 263 g/mol. The Hall–Kier alpha value is -1.06. The van der Waals surface area contributed by atoms with Crippen LogP contribution in [0.4, 0.5) is 0 Å². The lowest BCUT2D eigenvalue weighted by Gasteiger charge is -2.22. The molecule has 3 nitrogen and oxygen atoms in total. The Balaban J connectivity index is 1.91. The van der Waals surface area contributed by atoms with Crippen LogP contribution < -0.4 is 0 Å². The molecule has 0 amide bonds. The van der Waals surface area contributed by atoms with Gasteiger partial charge in [0.25, 0.3) is 0 Å². The highest BCUT2D eigenvalue weighted by Gasteiger charge is 2.24. The van der Waals surface area contributed by atoms with Gasteiger partial charge in [0.1, 0.15) is 11.0 Å². The number of rotatable bonds is 3. The highest BCUT2D eigenvalue weighted by atomic mass is 35.5. The quantitative estimate of drug-likeness (QED) is 0.794. The summed E-state index contributed by atoms with van der Waals surface area (Å²) in [7, 11) is 0. The third-order valence-electron chi connectivity index (χ3n) is 3.90. The van der Waals surface area contributed by atoms with Crippen LogP contribution in [0.1, 0.15) is 25.6 Å². The van der Waals surface area contributed by atoms with Gasteiger partial charge in [-0.05, 0) is 38.1 Å². The minimum atomic E-state index is 0.622. The predicted octanol–water partition coefficient (Wildman–Crippen LogP) is 3.01. The zero-order valence-electron chi connectivity index (χ0n) is 10.6. The van der Waals surface area contributed by atoms with Gasteiger partial charge in [0.2, 0.25) is 0 Å². The van der Waals surface area contributed by atoms with E-state index in [9.17, 15) is 0 Å². The maximum Gasteiger partial charge on any atom is 0.115 e. The number of likely N-dealkylation sites (tertiary alicyclic amines) is 1. The van der Waals surface area contributed by atoms with Gasteiger partial charge in [-0.15, -0.1) is 0 Å². The number of hydrogen-bond donors (Lipinski definition) is 0. The molecule has 1 unspecified atom stereocenters. The van der Waals surface area contributed by atoms with Crippen molar-refractivity contribution < 1.29 is 0 Å². The maximum absolute atomic E-state index is 6.27. The lowest BCUT2D eigenvalue weighted by molar-refractivity contribution is 0.263. The number of halogens is 1. The molecule has 1 fully saturated rings. The summed E-state index contributed by atoms with van der Waals surface area (Å²) in [5.41, 5.74) is 1.08. The van der Waals surface area contributed by atoms with Crippen LogP contribution in [-0.4, -0.2) is 33.4 Å². The van der Waals surface area contributed by atoms with Crippen molar-refractivity contribution in [3.63, 3.8) is 0 Å². The zero-order chi connectivity index (χ0) is 12.5. The summed E-state index contributed by atoms with van der Waals surface area (Å²) >= 11 is 6.27. The van der Waals surface area contributed by atoms with Gasteiger partial charge in [-0.25, -0.2) is 4.98 Å². The van der Waals surface area contributed by atoms with E-state index in [2.05, 4.69) is 27.3 Å². The first-order valence-electron chi connectivity index (χ1n) is 6.64. The summed E-state index contributed by atoms with van der Waals surface area (Å²) in [5.74, 6) is 1.08. The molecule has 3 heterocycles. The molecule has 0 radical (unpaired) electrons. The van der Waals surface area contributed by atoms with Crippen molar-refractivity contribution in [1.82, 2.24) is 14.3 Å². The molecule has 0 N–H and O–H groups in total. The minimum absolute atomic E-state index is 0.622. The van der Waals surface area contributed by atoms with Gasteiger partial charge in [-0.2, -0.15) is 0 Å². The smallest absolute Gasteiger partial charge is 0.115 e. The Morgan fingerprint density at radius 1 is 1.44 bits per heavy atom. The van der Waals surface area contributed by atoms with E-state index in [1.807, 2.05) is 18.3 Å². The normalized spacial score (nSPS) is 20.9. The summed E-state index contributed by atoms with van der Waals surface area (Å²) in [5, 5.41) is 0.751. The molecule has 2 aromatic heterocycles. The van der Waals surface area contributed by atoms with Gasteiger partial charge >= 0.3 is 0 Å². The summed E-state index contributed by atoms with van der Waals surface area (Å²) in [6.07, 6.45) is 5.47. The minimum Gasteiger partial charge on any atom is -0.300 e. The van der Waals surface area contributed by atoms with Crippen LogP contribution in [0.15, 0.2) is 24.4 Å². The van der Waals surface area contributed by atoms with Crippen molar-refractivity contribution in [2.24, 2.45) is 0 Å². The number of nitrogens with zero attached hydrogens (tertiary/aromatic N) is 3.